The van der Waals surface area contributed by atoms with Gasteiger partial charge in [-0.2, -0.15) is 0 Å². The average molecular weight is 317 g/mol. The van der Waals surface area contributed by atoms with Gasteiger partial charge in [0.15, 0.2) is 0 Å². The highest BCUT2D eigenvalue weighted by molar-refractivity contribution is 5.82. The summed E-state index contributed by atoms with van der Waals surface area (Å²) in [5.74, 6) is 0.580. The number of piperazine rings is 1. The first-order valence-corrected chi connectivity index (χ1v) is 8.31. The summed E-state index contributed by atoms with van der Waals surface area (Å²) >= 11 is 0. The second-order valence-electron chi connectivity index (χ2n) is 6.69. The summed E-state index contributed by atoms with van der Waals surface area (Å²) in [5.41, 5.74) is 2.42. The van der Waals surface area contributed by atoms with Crippen molar-refractivity contribution in [3.63, 3.8) is 0 Å². The van der Waals surface area contributed by atoms with Gasteiger partial charge < -0.3 is 10.6 Å². The zero-order chi connectivity index (χ0) is 16.8. The molecule has 1 heterocycles. The van der Waals surface area contributed by atoms with Gasteiger partial charge in [0.25, 0.3) is 0 Å². The van der Waals surface area contributed by atoms with Crippen LogP contribution in [-0.4, -0.2) is 42.9 Å². The molecule has 0 aromatic heterocycles. The maximum Gasteiger partial charge on any atom is 0.234 e. The number of nitrogens with one attached hydrogen (secondary N) is 2. The number of amides is 2. The van der Waals surface area contributed by atoms with Gasteiger partial charge in [-0.1, -0.05) is 38.1 Å². The molecule has 0 unspecified atom stereocenters. The first-order valence-electron chi connectivity index (χ1n) is 8.31. The van der Waals surface area contributed by atoms with Crippen LogP contribution in [0.2, 0.25) is 0 Å². The molecule has 1 aromatic carbocycles. The highest BCUT2D eigenvalue weighted by Crippen LogP contribution is 2.15. The third kappa shape index (κ3) is 5.67. The molecular weight excluding hydrogens is 290 g/mol. The monoisotopic (exact) mass is 317 g/mol. The van der Waals surface area contributed by atoms with Crippen molar-refractivity contribution in [3.8, 4) is 0 Å². The molecule has 1 atom stereocenters. The third-order valence-electron chi connectivity index (χ3n) is 3.99. The standard InChI is InChI=1S/C18H27N3O2/c1-13(2)10-15-4-6-16(7-5-15)14(3)20-18(23)12-21-9-8-19-17(22)11-21/h4-7,13-14H,8-12H2,1-3H3,(H,19,22)(H,20,23)/t14-/m0/s1. The summed E-state index contributed by atoms with van der Waals surface area (Å²) in [6, 6.07) is 8.39. The van der Waals surface area contributed by atoms with Crippen LogP contribution in [0.3, 0.4) is 0 Å². The quantitative estimate of drug-likeness (QED) is 0.836. The molecule has 2 N–H and O–H groups in total. The lowest BCUT2D eigenvalue weighted by atomic mass is 10.00. The summed E-state index contributed by atoms with van der Waals surface area (Å²) in [7, 11) is 0. The first-order chi connectivity index (χ1) is 10.9. The predicted octanol–water partition coefficient (Wildman–Crippen LogP) is 1.49. The third-order valence-corrected chi connectivity index (χ3v) is 3.99. The highest BCUT2D eigenvalue weighted by Gasteiger charge is 2.19. The Balaban J connectivity index is 1.84. The van der Waals surface area contributed by atoms with E-state index in [9.17, 15) is 9.59 Å². The van der Waals surface area contributed by atoms with Crippen molar-refractivity contribution in [1.82, 2.24) is 15.5 Å². The van der Waals surface area contributed by atoms with Crippen LogP contribution in [-0.2, 0) is 16.0 Å². The molecule has 23 heavy (non-hydrogen) atoms. The largest absolute Gasteiger partial charge is 0.354 e. The van der Waals surface area contributed by atoms with E-state index >= 15 is 0 Å². The Labute approximate surface area is 138 Å². The molecule has 0 spiro atoms. The van der Waals surface area contributed by atoms with Crippen molar-refractivity contribution in [2.45, 2.75) is 33.2 Å². The normalized spacial score (nSPS) is 17.0. The molecule has 5 heteroatoms. The molecule has 0 aliphatic carbocycles. The van der Waals surface area contributed by atoms with Crippen molar-refractivity contribution < 1.29 is 9.59 Å². The number of hydrogen-bond donors (Lipinski definition) is 2. The Bertz CT molecular complexity index is 540. The summed E-state index contributed by atoms with van der Waals surface area (Å²) in [6.07, 6.45) is 1.07. The minimum Gasteiger partial charge on any atom is -0.354 e. The van der Waals surface area contributed by atoms with Gasteiger partial charge in [-0.15, -0.1) is 0 Å². The topological polar surface area (TPSA) is 61.4 Å². The van der Waals surface area contributed by atoms with E-state index < -0.39 is 0 Å². The van der Waals surface area contributed by atoms with E-state index in [1.54, 1.807) is 0 Å². The fraction of sp³-hybridized carbons (Fsp3) is 0.556. The summed E-state index contributed by atoms with van der Waals surface area (Å²) in [4.78, 5) is 25.3. The smallest absolute Gasteiger partial charge is 0.234 e. The summed E-state index contributed by atoms with van der Waals surface area (Å²) in [6.45, 7) is 8.29. The van der Waals surface area contributed by atoms with Crippen LogP contribution in [0.15, 0.2) is 24.3 Å². The van der Waals surface area contributed by atoms with Crippen LogP contribution in [0.25, 0.3) is 0 Å². The Morgan fingerprint density at radius 2 is 1.96 bits per heavy atom. The molecule has 1 fully saturated rings. The van der Waals surface area contributed by atoms with E-state index in [1.807, 2.05) is 11.8 Å². The first kappa shape index (κ1) is 17.5. The minimum absolute atomic E-state index is 0.0159. The summed E-state index contributed by atoms with van der Waals surface area (Å²) in [5, 5.41) is 5.76. The van der Waals surface area contributed by atoms with E-state index in [1.165, 1.54) is 5.56 Å². The Morgan fingerprint density at radius 3 is 2.57 bits per heavy atom. The van der Waals surface area contributed by atoms with Crippen LogP contribution in [0.5, 0.6) is 0 Å². The number of nitrogens with zero attached hydrogens (tertiary/aromatic N) is 1. The molecule has 126 valence electrons. The maximum absolute atomic E-state index is 12.1. The molecule has 0 saturated carbocycles. The number of benzene rings is 1. The average Bonchev–Trinajstić information content (AvgIpc) is 2.47. The van der Waals surface area contributed by atoms with Crippen LogP contribution in [0, 0.1) is 5.92 Å². The molecule has 1 saturated heterocycles. The minimum atomic E-state index is -0.0431. The molecule has 0 radical (unpaired) electrons. The molecule has 0 bridgehead atoms. The summed E-state index contributed by atoms with van der Waals surface area (Å²) < 4.78 is 0. The maximum atomic E-state index is 12.1. The van der Waals surface area contributed by atoms with Gasteiger partial charge in [-0.3, -0.25) is 14.5 Å². The van der Waals surface area contributed by atoms with Gasteiger partial charge >= 0.3 is 0 Å². The van der Waals surface area contributed by atoms with Crippen molar-refractivity contribution >= 4 is 11.8 Å². The second kappa shape index (κ2) is 8.11. The van der Waals surface area contributed by atoms with Gasteiger partial charge in [0, 0.05) is 13.1 Å². The van der Waals surface area contributed by atoms with E-state index in [0.717, 1.165) is 18.5 Å². The van der Waals surface area contributed by atoms with E-state index in [-0.39, 0.29) is 24.4 Å². The zero-order valence-corrected chi connectivity index (χ0v) is 14.3. The van der Waals surface area contributed by atoms with E-state index in [2.05, 4.69) is 48.7 Å². The molecule has 5 nitrogen and oxygen atoms in total. The van der Waals surface area contributed by atoms with Crippen LogP contribution < -0.4 is 10.6 Å². The fourth-order valence-corrected chi connectivity index (χ4v) is 2.81. The molecule has 1 aromatic rings. The van der Waals surface area contributed by atoms with Crippen LogP contribution >= 0.6 is 0 Å². The van der Waals surface area contributed by atoms with Crippen molar-refractivity contribution in [2.24, 2.45) is 5.92 Å². The van der Waals surface area contributed by atoms with E-state index in [0.29, 0.717) is 19.0 Å². The van der Waals surface area contributed by atoms with Gasteiger partial charge in [0.2, 0.25) is 11.8 Å². The Kier molecular flexibility index (Phi) is 6.16. The SMILES string of the molecule is CC(C)Cc1ccc([C@H](C)NC(=O)CN2CCNC(=O)C2)cc1. The molecule has 1 aliphatic heterocycles. The lowest BCUT2D eigenvalue weighted by molar-refractivity contribution is -0.127. The van der Waals surface area contributed by atoms with Gasteiger partial charge in [-0.05, 0) is 30.4 Å². The van der Waals surface area contributed by atoms with Gasteiger partial charge in [0.05, 0.1) is 19.1 Å². The molecular formula is C18H27N3O2. The van der Waals surface area contributed by atoms with Crippen LogP contribution in [0.4, 0.5) is 0 Å². The molecule has 2 amide bonds. The van der Waals surface area contributed by atoms with Gasteiger partial charge in [-0.25, -0.2) is 0 Å². The second-order valence-corrected chi connectivity index (χ2v) is 6.69. The molecule has 2 rings (SSSR count). The zero-order valence-electron chi connectivity index (χ0n) is 14.3. The predicted molar refractivity (Wildman–Crippen MR) is 91.0 cm³/mol. The van der Waals surface area contributed by atoms with Crippen LogP contribution in [0.1, 0.15) is 37.9 Å². The lowest BCUT2D eigenvalue weighted by Crippen LogP contribution is -2.50. The highest BCUT2D eigenvalue weighted by atomic mass is 16.2. The number of rotatable bonds is 6. The Hall–Kier alpha value is -1.88. The van der Waals surface area contributed by atoms with Crippen molar-refractivity contribution in [1.29, 1.82) is 0 Å². The van der Waals surface area contributed by atoms with Crippen molar-refractivity contribution in [3.05, 3.63) is 35.4 Å². The molecule has 1 aliphatic rings. The lowest BCUT2D eigenvalue weighted by Gasteiger charge is -2.26. The van der Waals surface area contributed by atoms with E-state index in [4.69, 9.17) is 0 Å². The van der Waals surface area contributed by atoms with Gasteiger partial charge in [0.1, 0.15) is 0 Å². The number of hydrogen-bond acceptors (Lipinski definition) is 3. The van der Waals surface area contributed by atoms with Crippen molar-refractivity contribution in [2.75, 3.05) is 26.2 Å². The number of carbonyl (C=O) groups is 2. The number of carbonyl (C=O) groups excluding carboxylic acids is 2. The fourth-order valence-electron chi connectivity index (χ4n) is 2.81. The Morgan fingerprint density at radius 1 is 1.26 bits per heavy atom.